The molecule has 4 rings (SSSR count). The first-order valence-corrected chi connectivity index (χ1v) is 10.7. The molecule has 0 aliphatic carbocycles. The summed E-state index contributed by atoms with van der Waals surface area (Å²) in [5.41, 5.74) is 1.26. The van der Waals surface area contributed by atoms with Crippen molar-refractivity contribution >= 4 is 35.2 Å². The molecule has 0 saturated heterocycles. The highest BCUT2D eigenvalue weighted by Crippen LogP contribution is 2.33. The van der Waals surface area contributed by atoms with Crippen molar-refractivity contribution in [3.63, 3.8) is 0 Å². The standard InChI is InChI=1S/C24H19ClN4O3S/c1-15-9-3-5-11-17(15)26-27-21-22(30)28(18-12-6-4-10-16(18)25)24(33)29(23(21)31)19-13-7-8-14-20(19)32-2/h3-14,30H,1-2H3. The Hall–Kier alpha value is -3.75. The summed E-state index contributed by atoms with van der Waals surface area (Å²) in [5, 5.41) is 19.8. The van der Waals surface area contributed by atoms with Crippen LogP contribution in [0.15, 0.2) is 87.8 Å². The van der Waals surface area contributed by atoms with E-state index in [-0.39, 0.29) is 10.5 Å². The fourth-order valence-electron chi connectivity index (χ4n) is 3.33. The third-order valence-electron chi connectivity index (χ3n) is 5.00. The molecule has 1 N–H and O–H groups in total. The summed E-state index contributed by atoms with van der Waals surface area (Å²) < 4.78 is 7.96. The summed E-state index contributed by atoms with van der Waals surface area (Å²) in [6, 6.07) is 21.1. The molecule has 0 aliphatic rings. The molecule has 0 fully saturated rings. The maximum Gasteiger partial charge on any atom is 0.290 e. The Balaban J connectivity index is 2.08. The van der Waals surface area contributed by atoms with Crippen molar-refractivity contribution in [1.82, 2.24) is 9.13 Å². The van der Waals surface area contributed by atoms with Gasteiger partial charge in [0.1, 0.15) is 5.75 Å². The molecule has 0 spiro atoms. The molecule has 166 valence electrons. The molecule has 4 aromatic rings. The van der Waals surface area contributed by atoms with Gasteiger partial charge in [-0.2, -0.15) is 0 Å². The van der Waals surface area contributed by atoms with E-state index < -0.39 is 11.4 Å². The molecule has 0 radical (unpaired) electrons. The van der Waals surface area contributed by atoms with Crippen LogP contribution in [0.4, 0.5) is 11.4 Å². The lowest BCUT2D eigenvalue weighted by atomic mass is 10.2. The predicted octanol–water partition coefficient (Wildman–Crippen LogP) is 6.45. The quantitative estimate of drug-likeness (QED) is 0.264. The van der Waals surface area contributed by atoms with Gasteiger partial charge in [0.15, 0.2) is 4.77 Å². The van der Waals surface area contributed by atoms with Gasteiger partial charge in [-0.15, -0.1) is 10.2 Å². The highest BCUT2D eigenvalue weighted by atomic mass is 35.5. The number of aromatic hydroxyl groups is 1. The molecule has 0 saturated carbocycles. The van der Waals surface area contributed by atoms with E-state index in [1.807, 2.05) is 25.1 Å². The van der Waals surface area contributed by atoms with Crippen molar-refractivity contribution in [2.45, 2.75) is 6.92 Å². The number of aromatic nitrogens is 2. The van der Waals surface area contributed by atoms with Gasteiger partial charge in [-0.25, -0.2) is 4.57 Å². The lowest BCUT2D eigenvalue weighted by Gasteiger charge is -2.18. The average molecular weight is 479 g/mol. The molecule has 9 heteroatoms. The van der Waals surface area contributed by atoms with Crippen molar-refractivity contribution in [2.75, 3.05) is 7.11 Å². The summed E-state index contributed by atoms with van der Waals surface area (Å²) in [7, 11) is 1.49. The number of hydrogen-bond donors (Lipinski definition) is 1. The molecule has 1 aromatic heterocycles. The highest BCUT2D eigenvalue weighted by molar-refractivity contribution is 7.71. The molecular weight excluding hydrogens is 460 g/mol. The Morgan fingerprint density at radius 3 is 2.24 bits per heavy atom. The zero-order valence-corrected chi connectivity index (χ0v) is 19.3. The zero-order chi connectivity index (χ0) is 23.5. The first-order chi connectivity index (χ1) is 15.9. The summed E-state index contributed by atoms with van der Waals surface area (Å²) in [4.78, 5) is 13.5. The maximum absolute atomic E-state index is 13.5. The van der Waals surface area contributed by atoms with Crippen LogP contribution in [0.3, 0.4) is 0 Å². The van der Waals surface area contributed by atoms with Gasteiger partial charge in [0.05, 0.1) is 29.2 Å². The fourth-order valence-corrected chi connectivity index (χ4v) is 3.92. The predicted molar refractivity (Wildman–Crippen MR) is 131 cm³/mol. The van der Waals surface area contributed by atoms with Crippen LogP contribution < -0.4 is 10.3 Å². The van der Waals surface area contributed by atoms with E-state index in [1.165, 1.54) is 16.2 Å². The molecular formula is C24H19ClN4O3S. The van der Waals surface area contributed by atoms with E-state index >= 15 is 0 Å². The largest absolute Gasteiger partial charge is 0.495 e. The monoisotopic (exact) mass is 478 g/mol. The minimum absolute atomic E-state index is 0.00931. The van der Waals surface area contributed by atoms with Gasteiger partial charge in [-0.05, 0) is 55.0 Å². The van der Waals surface area contributed by atoms with Crippen molar-refractivity contribution in [3.05, 3.63) is 98.5 Å². The number of hydrogen-bond acceptors (Lipinski definition) is 6. The highest BCUT2D eigenvalue weighted by Gasteiger charge is 2.22. The lowest BCUT2D eigenvalue weighted by Crippen LogP contribution is -2.23. The topological polar surface area (TPSA) is 81.1 Å². The molecule has 0 bridgehead atoms. The van der Waals surface area contributed by atoms with Gasteiger partial charge in [0.2, 0.25) is 11.6 Å². The Morgan fingerprint density at radius 1 is 0.909 bits per heavy atom. The molecule has 3 aromatic carbocycles. The Bertz CT molecular complexity index is 1490. The van der Waals surface area contributed by atoms with Crippen molar-refractivity contribution in [1.29, 1.82) is 0 Å². The molecule has 0 amide bonds. The summed E-state index contributed by atoms with van der Waals surface area (Å²) in [6.45, 7) is 1.87. The second-order valence-corrected chi connectivity index (χ2v) is 7.81. The van der Waals surface area contributed by atoms with Crippen LogP contribution in [-0.2, 0) is 0 Å². The molecule has 7 nitrogen and oxygen atoms in total. The van der Waals surface area contributed by atoms with Gasteiger partial charge < -0.3 is 9.84 Å². The van der Waals surface area contributed by atoms with Gasteiger partial charge in [0.25, 0.3) is 5.56 Å². The van der Waals surface area contributed by atoms with Gasteiger partial charge >= 0.3 is 0 Å². The molecule has 0 unspecified atom stereocenters. The third kappa shape index (κ3) is 4.18. The van der Waals surface area contributed by atoms with E-state index in [9.17, 15) is 9.90 Å². The number of aryl methyl sites for hydroxylation is 1. The second-order valence-electron chi connectivity index (χ2n) is 7.04. The molecule has 0 aliphatic heterocycles. The first-order valence-electron chi connectivity index (χ1n) is 9.90. The Kier molecular flexibility index (Phi) is 6.39. The maximum atomic E-state index is 13.5. The van der Waals surface area contributed by atoms with Gasteiger partial charge in [-0.1, -0.05) is 54.1 Å². The van der Waals surface area contributed by atoms with Crippen LogP contribution in [0, 0.1) is 11.7 Å². The number of ether oxygens (including phenoxy) is 1. The smallest absolute Gasteiger partial charge is 0.290 e. The van der Waals surface area contributed by atoms with Crippen LogP contribution in [0.5, 0.6) is 11.6 Å². The number of benzene rings is 3. The minimum Gasteiger partial charge on any atom is -0.495 e. The number of nitrogens with zero attached hydrogens (tertiary/aromatic N) is 4. The van der Waals surface area contributed by atoms with Crippen LogP contribution >= 0.6 is 23.8 Å². The summed E-state index contributed by atoms with van der Waals surface area (Å²) in [5.74, 6) is -0.0505. The van der Waals surface area contributed by atoms with Gasteiger partial charge in [0, 0.05) is 0 Å². The average Bonchev–Trinajstić information content (AvgIpc) is 2.81. The number of halogens is 1. The SMILES string of the molecule is COc1ccccc1-n1c(=O)c(N=Nc2ccccc2C)c(O)n(-c2ccccc2Cl)c1=S. The van der Waals surface area contributed by atoms with Crippen LogP contribution in [0.2, 0.25) is 5.02 Å². The molecule has 1 heterocycles. The second kappa shape index (κ2) is 9.40. The lowest BCUT2D eigenvalue weighted by molar-refractivity contribution is 0.410. The van der Waals surface area contributed by atoms with Crippen LogP contribution in [0.25, 0.3) is 11.4 Å². The van der Waals surface area contributed by atoms with E-state index in [0.717, 1.165) is 5.56 Å². The normalized spacial score (nSPS) is 11.1. The number of rotatable bonds is 5. The van der Waals surface area contributed by atoms with Crippen LogP contribution in [-0.4, -0.2) is 21.4 Å². The van der Waals surface area contributed by atoms with E-state index in [4.69, 9.17) is 28.6 Å². The summed E-state index contributed by atoms with van der Waals surface area (Å²) >= 11 is 12.0. The van der Waals surface area contributed by atoms with E-state index in [2.05, 4.69) is 10.2 Å². The van der Waals surface area contributed by atoms with Crippen molar-refractivity contribution in [3.8, 4) is 23.0 Å². The molecule has 33 heavy (non-hydrogen) atoms. The first kappa shape index (κ1) is 22.4. The minimum atomic E-state index is -0.650. The van der Waals surface area contributed by atoms with E-state index in [0.29, 0.717) is 27.8 Å². The van der Waals surface area contributed by atoms with Crippen molar-refractivity contribution < 1.29 is 9.84 Å². The zero-order valence-electron chi connectivity index (χ0n) is 17.8. The third-order valence-corrected chi connectivity index (χ3v) is 5.69. The van der Waals surface area contributed by atoms with Crippen LogP contribution in [0.1, 0.15) is 5.56 Å². The van der Waals surface area contributed by atoms with Crippen molar-refractivity contribution in [2.24, 2.45) is 10.2 Å². The Morgan fingerprint density at radius 2 is 1.55 bits per heavy atom. The van der Waals surface area contributed by atoms with Gasteiger partial charge in [-0.3, -0.25) is 9.36 Å². The Labute approximate surface area is 199 Å². The fraction of sp³-hybridized carbons (Fsp3) is 0.0833. The number of para-hydroxylation sites is 3. The summed E-state index contributed by atoms with van der Waals surface area (Å²) in [6.07, 6.45) is 0. The van der Waals surface area contributed by atoms with E-state index in [1.54, 1.807) is 54.6 Å². The number of azo groups is 1. The number of methoxy groups -OCH3 is 1. The molecule has 0 atom stereocenters.